The van der Waals surface area contributed by atoms with E-state index in [-0.39, 0.29) is 11.8 Å². The summed E-state index contributed by atoms with van der Waals surface area (Å²) >= 11 is 5.86. The number of aromatic nitrogens is 1. The average molecular weight is 408 g/mol. The Balaban J connectivity index is 1.42. The highest BCUT2D eigenvalue weighted by atomic mass is 35.5. The molecule has 6 nitrogen and oxygen atoms in total. The average Bonchev–Trinajstić information content (AvgIpc) is 3.15. The van der Waals surface area contributed by atoms with Gasteiger partial charge in [-0.3, -0.25) is 9.59 Å². The Morgan fingerprint density at radius 1 is 1.10 bits per heavy atom. The third kappa shape index (κ3) is 4.22. The summed E-state index contributed by atoms with van der Waals surface area (Å²) < 4.78 is 5.64. The van der Waals surface area contributed by atoms with Crippen LogP contribution in [0.1, 0.15) is 22.8 Å². The van der Waals surface area contributed by atoms with Crippen LogP contribution < -0.4 is 15.0 Å². The maximum atomic E-state index is 12.6. The largest absolute Gasteiger partial charge is 0.439 e. The lowest BCUT2D eigenvalue weighted by atomic mass is 10.1. The summed E-state index contributed by atoms with van der Waals surface area (Å²) in [7, 11) is 0. The summed E-state index contributed by atoms with van der Waals surface area (Å²) in [5.41, 5.74) is 2.97. The second-order valence-electron chi connectivity index (χ2n) is 6.66. The van der Waals surface area contributed by atoms with Crippen molar-refractivity contribution in [3.05, 3.63) is 76.9 Å². The highest BCUT2D eigenvalue weighted by Gasteiger charge is 2.23. The number of nitrogens with zero attached hydrogens (tertiary/aromatic N) is 2. The second kappa shape index (κ2) is 7.93. The van der Waals surface area contributed by atoms with Crippen LogP contribution in [0.25, 0.3) is 0 Å². The number of pyridine rings is 1. The molecule has 0 saturated heterocycles. The molecule has 0 bridgehead atoms. The van der Waals surface area contributed by atoms with Gasteiger partial charge in [-0.1, -0.05) is 11.6 Å². The van der Waals surface area contributed by atoms with Gasteiger partial charge in [-0.05, 0) is 60.5 Å². The SMILES string of the molecule is CC(=O)N1CCc2cc(C(=O)Nc3ccc(Oc4ccc(Cl)cc4)nc3)ccc21. The summed E-state index contributed by atoms with van der Waals surface area (Å²) in [6, 6.07) is 15.7. The van der Waals surface area contributed by atoms with Crippen molar-refractivity contribution < 1.29 is 14.3 Å². The summed E-state index contributed by atoms with van der Waals surface area (Å²) in [6.07, 6.45) is 2.28. The normalized spacial score (nSPS) is 12.4. The standard InChI is InChI=1S/C22H18ClN3O3/c1-14(27)26-11-10-15-12-16(2-8-20(15)26)22(28)25-18-5-9-21(24-13-18)29-19-6-3-17(23)4-7-19/h2-9,12-13H,10-11H2,1H3,(H,25,28). The van der Waals surface area contributed by atoms with Gasteiger partial charge in [0.15, 0.2) is 0 Å². The highest BCUT2D eigenvalue weighted by Crippen LogP contribution is 2.29. The van der Waals surface area contributed by atoms with E-state index in [0.29, 0.717) is 34.4 Å². The first-order chi connectivity index (χ1) is 14.0. The molecule has 0 atom stereocenters. The van der Waals surface area contributed by atoms with Crippen LogP contribution >= 0.6 is 11.6 Å². The van der Waals surface area contributed by atoms with E-state index in [4.69, 9.17) is 16.3 Å². The lowest BCUT2D eigenvalue weighted by Gasteiger charge is -2.14. The van der Waals surface area contributed by atoms with Gasteiger partial charge >= 0.3 is 0 Å². The molecular weight excluding hydrogens is 390 g/mol. The number of halogens is 1. The Morgan fingerprint density at radius 2 is 1.90 bits per heavy atom. The highest BCUT2D eigenvalue weighted by molar-refractivity contribution is 6.30. The van der Waals surface area contributed by atoms with Crippen LogP contribution in [0, 0.1) is 0 Å². The molecule has 0 aliphatic carbocycles. The first-order valence-corrected chi connectivity index (χ1v) is 9.49. The summed E-state index contributed by atoms with van der Waals surface area (Å²) in [6.45, 7) is 2.19. The number of hydrogen-bond donors (Lipinski definition) is 1. The molecule has 146 valence electrons. The third-order valence-corrected chi connectivity index (χ3v) is 4.90. The molecule has 1 N–H and O–H groups in total. The fraction of sp³-hybridized carbons (Fsp3) is 0.136. The molecule has 29 heavy (non-hydrogen) atoms. The first-order valence-electron chi connectivity index (χ1n) is 9.11. The minimum atomic E-state index is -0.234. The van der Waals surface area contributed by atoms with Gasteiger partial charge in [0.1, 0.15) is 5.75 Å². The molecule has 0 fully saturated rings. The number of ether oxygens (including phenoxy) is 1. The van der Waals surface area contributed by atoms with Gasteiger partial charge in [0, 0.05) is 35.8 Å². The molecule has 1 aromatic heterocycles. The molecule has 0 radical (unpaired) electrons. The van der Waals surface area contributed by atoms with E-state index in [2.05, 4.69) is 10.3 Å². The molecule has 2 heterocycles. The van der Waals surface area contributed by atoms with Crippen LogP contribution in [0.3, 0.4) is 0 Å². The summed E-state index contributed by atoms with van der Waals surface area (Å²) in [4.78, 5) is 30.2. The van der Waals surface area contributed by atoms with Crippen LogP contribution in [-0.2, 0) is 11.2 Å². The minimum absolute atomic E-state index is 0.00735. The fourth-order valence-corrected chi connectivity index (χ4v) is 3.34. The van der Waals surface area contributed by atoms with Crippen molar-refractivity contribution in [2.45, 2.75) is 13.3 Å². The van der Waals surface area contributed by atoms with E-state index < -0.39 is 0 Å². The topological polar surface area (TPSA) is 71.5 Å². The van der Waals surface area contributed by atoms with Gasteiger partial charge in [0.05, 0.1) is 11.9 Å². The number of fused-ring (bicyclic) bond motifs is 1. The van der Waals surface area contributed by atoms with E-state index >= 15 is 0 Å². The molecule has 0 unspecified atom stereocenters. The number of anilines is 2. The van der Waals surface area contributed by atoms with Crippen molar-refractivity contribution in [2.75, 3.05) is 16.8 Å². The number of amides is 2. The van der Waals surface area contributed by atoms with Crippen molar-refractivity contribution in [2.24, 2.45) is 0 Å². The Hall–Kier alpha value is -3.38. The molecular formula is C22H18ClN3O3. The molecule has 0 spiro atoms. The number of nitrogens with one attached hydrogen (secondary N) is 1. The predicted molar refractivity (Wildman–Crippen MR) is 112 cm³/mol. The van der Waals surface area contributed by atoms with Crippen molar-refractivity contribution in [3.8, 4) is 11.6 Å². The first kappa shape index (κ1) is 19.0. The van der Waals surface area contributed by atoms with Gasteiger partial charge in [-0.25, -0.2) is 4.98 Å². The van der Waals surface area contributed by atoms with Gasteiger partial charge < -0.3 is 15.0 Å². The van der Waals surface area contributed by atoms with E-state index in [1.54, 1.807) is 54.3 Å². The van der Waals surface area contributed by atoms with Gasteiger partial charge in [-0.2, -0.15) is 0 Å². The van der Waals surface area contributed by atoms with Crippen molar-refractivity contribution in [1.82, 2.24) is 4.98 Å². The zero-order valence-corrected chi connectivity index (χ0v) is 16.4. The van der Waals surface area contributed by atoms with E-state index in [9.17, 15) is 9.59 Å². The molecule has 7 heteroatoms. The maximum absolute atomic E-state index is 12.6. The van der Waals surface area contributed by atoms with Gasteiger partial charge in [-0.15, -0.1) is 0 Å². The number of rotatable bonds is 4. The minimum Gasteiger partial charge on any atom is -0.439 e. The Bertz CT molecular complexity index is 1070. The summed E-state index contributed by atoms with van der Waals surface area (Å²) in [5.74, 6) is 0.804. The van der Waals surface area contributed by atoms with Crippen LogP contribution in [-0.4, -0.2) is 23.3 Å². The number of carbonyl (C=O) groups excluding carboxylic acids is 2. The van der Waals surface area contributed by atoms with E-state index in [0.717, 1.165) is 17.7 Å². The number of hydrogen-bond acceptors (Lipinski definition) is 4. The third-order valence-electron chi connectivity index (χ3n) is 4.65. The van der Waals surface area contributed by atoms with E-state index in [1.165, 1.54) is 6.20 Å². The van der Waals surface area contributed by atoms with Crippen LogP contribution in [0.4, 0.5) is 11.4 Å². The maximum Gasteiger partial charge on any atom is 0.255 e. The molecule has 4 rings (SSSR count). The predicted octanol–water partition coefficient (Wildman–Crippen LogP) is 4.69. The van der Waals surface area contributed by atoms with Crippen LogP contribution in [0.15, 0.2) is 60.8 Å². The molecule has 1 aliphatic rings. The van der Waals surface area contributed by atoms with Crippen molar-refractivity contribution >= 4 is 34.8 Å². The zero-order chi connectivity index (χ0) is 20.4. The van der Waals surface area contributed by atoms with Crippen molar-refractivity contribution in [3.63, 3.8) is 0 Å². The summed E-state index contributed by atoms with van der Waals surface area (Å²) in [5, 5.41) is 3.46. The van der Waals surface area contributed by atoms with Crippen LogP contribution in [0.2, 0.25) is 5.02 Å². The van der Waals surface area contributed by atoms with Crippen LogP contribution in [0.5, 0.6) is 11.6 Å². The van der Waals surface area contributed by atoms with Gasteiger partial charge in [0.2, 0.25) is 11.8 Å². The zero-order valence-electron chi connectivity index (χ0n) is 15.7. The Morgan fingerprint density at radius 3 is 2.59 bits per heavy atom. The Kier molecular flexibility index (Phi) is 5.18. The van der Waals surface area contributed by atoms with Gasteiger partial charge in [0.25, 0.3) is 5.91 Å². The quantitative estimate of drug-likeness (QED) is 0.681. The molecule has 2 amide bonds. The monoisotopic (exact) mass is 407 g/mol. The number of benzene rings is 2. The number of carbonyl (C=O) groups is 2. The fourth-order valence-electron chi connectivity index (χ4n) is 3.21. The van der Waals surface area contributed by atoms with E-state index in [1.807, 2.05) is 12.1 Å². The molecule has 2 aromatic carbocycles. The molecule has 3 aromatic rings. The van der Waals surface area contributed by atoms with Crippen molar-refractivity contribution in [1.29, 1.82) is 0 Å². The molecule has 0 saturated carbocycles. The lowest BCUT2D eigenvalue weighted by Crippen LogP contribution is -2.25. The smallest absolute Gasteiger partial charge is 0.255 e. The Labute approximate surface area is 173 Å². The second-order valence-corrected chi connectivity index (χ2v) is 7.10. The molecule has 1 aliphatic heterocycles. The lowest BCUT2D eigenvalue weighted by molar-refractivity contribution is -0.116.